The summed E-state index contributed by atoms with van der Waals surface area (Å²) >= 11 is 0. The Labute approximate surface area is 67.5 Å². The van der Waals surface area contributed by atoms with Gasteiger partial charge in [-0.2, -0.15) is 0 Å². The van der Waals surface area contributed by atoms with Gasteiger partial charge in [0.1, 0.15) is 0 Å². The van der Waals surface area contributed by atoms with Crippen LogP contribution in [0.5, 0.6) is 0 Å². The lowest BCUT2D eigenvalue weighted by Crippen LogP contribution is -2.34. The van der Waals surface area contributed by atoms with Crippen LogP contribution in [0.4, 0.5) is 0 Å². The molecule has 0 aromatic heterocycles. The molecule has 0 aromatic rings. The lowest BCUT2D eigenvalue weighted by atomic mass is 10.3. The standard InChI is InChI=1S/C8H15NO2/c1-9(2,3)7-5-4-6-8(10)11/h4,6H,5,7H2,1-3H3/p+1. The van der Waals surface area contributed by atoms with Crippen molar-refractivity contribution in [1.82, 2.24) is 0 Å². The van der Waals surface area contributed by atoms with Crippen LogP contribution in [0.1, 0.15) is 6.42 Å². The number of carboxylic acid groups (broad SMARTS) is 1. The molecule has 11 heavy (non-hydrogen) atoms. The molecule has 0 heterocycles. The zero-order valence-electron chi connectivity index (χ0n) is 7.37. The van der Waals surface area contributed by atoms with E-state index in [-0.39, 0.29) is 0 Å². The van der Waals surface area contributed by atoms with Crippen LogP contribution in [-0.4, -0.2) is 43.2 Å². The van der Waals surface area contributed by atoms with Crippen LogP contribution in [0.3, 0.4) is 0 Å². The molecule has 0 atom stereocenters. The van der Waals surface area contributed by atoms with Crippen LogP contribution < -0.4 is 0 Å². The van der Waals surface area contributed by atoms with Crippen molar-refractivity contribution in [1.29, 1.82) is 0 Å². The lowest BCUT2D eigenvalue weighted by molar-refractivity contribution is -0.869. The Hall–Kier alpha value is -0.830. The highest BCUT2D eigenvalue weighted by atomic mass is 16.4. The fraction of sp³-hybridized carbons (Fsp3) is 0.625. The first-order valence-corrected chi connectivity index (χ1v) is 3.62. The molecule has 0 aliphatic carbocycles. The van der Waals surface area contributed by atoms with Crippen molar-refractivity contribution in [2.24, 2.45) is 0 Å². The Bertz CT molecular complexity index is 156. The zero-order chi connectivity index (χ0) is 8.91. The minimum Gasteiger partial charge on any atom is -0.478 e. The third-order valence-corrected chi connectivity index (χ3v) is 1.23. The molecular formula is C8H16NO2+. The average Bonchev–Trinajstić information content (AvgIpc) is 1.78. The van der Waals surface area contributed by atoms with E-state index in [9.17, 15) is 4.79 Å². The highest BCUT2D eigenvalue weighted by Crippen LogP contribution is 1.93. The van der Waals surface area contributed by atoms with Crippen molar-refractivity contribution in [3.05, 3.63) is 12.2 Å². The summed E-state index contributed by atoms with van der Waals surface area (Å²) in [4.78, 5) is 10.0. The van der Waals surface area contributed by atoms with E-state index in [1.807, 2.05) is 0 Å². The summed E-state index contributed by atoms with van der Waals surface area (Å²) in [5, 5.41) is 8.25. The van der Waals surface area contributed by atoms with Crippen molar-refractivity contribution >= 4 is 5.97 Å². The van der Waals surface area contributed by atoms with E-state index in [0.29, 0.717) is 0 Å². The Morgan fingerprint density at radius 2 is 2.00 bits per heavy atom. The van der Waals surface area contributed by atoms with Crippen LogP contribution >= 0.6 is 0 Å². The van der Waals surface area contributed by atoms with Gasteiger partial charge in [-0.15, -0.1) is 0 Å². The van der Waals surface area contributed by atoms with Crippen molar-refractivity contribution in [3.63, 3.8) is 0 Å². The molecule has 0 fully saturated rings. The van der Waals surface area contributed by atoms with Crippen LogP contribution in [0.15, 0.2) is 12.2 Å². The second kappa shape index (κ2) is 4.13. The largest absolute Gasteiger partial charge is 0.478 e. The maximum atomic E-state index is 10.0. The number of carboxylic acids is 1. The molecule has 0 radical (unpaired) electrons. The second-order valence-corrected chi connectivity index (χ2v) is 3.54. The Balaban J connectivity index is 3.50. The maximum Gasteiger partial charge on any atom is 0.327 e. The van der Waals surface area contributed by atoms with Gasteiger partial charge in [-0.25, -0.2) is 4.79 Å². The van der Waals surface area contributed by atoms with E-state index in [1.165, 1.54) is 6.08 Å². The molecule has 1 N–H and O–H groups in total. The lowest BCUT2D eigenvalue weighted by Gasteiger charge is -2.22. The van der Waals surface area contributed by atoms with Crippen molar-refractivity contribution in [2.75, 3.05) is 27.7 Å². The van der Waals surface area contributed by atoms with E-state index in [2.05, 4.69) is 21.1 Å². The molecule has 0 aromatic carbocycles. The molecule has 0 rings (SSSR count). The number of rotatable bonds is 4. The van der Waals surface area contributed by atoms with Crippen LogP contribution in [0.2, 0.25) is 0 Å². The van der Waals surface area contributed by atoms with E-state index >= 15 is 0 Å². The monoisotopic (exact) mass is 158 g/mol. The number of nitrogens with zero attached hydrogens (tertiary/aromatic N) is 1. The number of hydrogen-bond donors (Lipinski definition) is 1. The van der Waals surface area contributed by atoms with E-state index < -0.39 is 5.97 Å². The fourth-order valence-corrected chi connectivity index (χ4v) is 0.646. The quantitative estimate of drug-likeness (QED) is 0.483. The number of carbonyl (C=O) groups is 1. The molecule has 3 heteroatoms. The summed E-state index contributed by atoms with van der Waals surface area (Å²) in [6.07, 6.45) is 3.69. The number of aliphatic carboxylic acids is 1. The van der Waals surface area contributed by atoms with Gasteiger partial charge in [0.2, 0.25) is 0 Å². The zero-order valence-corrected chi connectivity index (χ0v) is 7.37. The van der Waals surface area contributed by atoms with Gasteiger partial charge < -0.3 is 9.59 Å². The maximum absolute atomic E-state index is 10.0. The normalized spacial score (nSPS) is 12.3. The molecular weight excluding hydrogens is 142 g/mol. The summed E-state index contributed by atoms with van der Waals surface area (Å²) in [6.45, 7) is 0.962. The van der Waals surface area contributed by atoms with Gasteiger partial charge in [0, 0.05) is 12.5 Å². The van der Waals surface area contributed by atoms with Gasteiger partial charge in [0.15, 0.2) is 0 Å². The predicted molar refractivity (Wildman–Crippen MR) is 44.3 cm³/mol. The first-order chi connectivity index (χ1) is 4.92. The molecule has 0 unspecified atom stereocenters. The van der Waals surface area contributed by atoms with Gasteiger partial charge in [0.05, 0.1) is 27.7 Å². The third-order valence-electron chi connectivity index (χ3n) is 1.23. The number of hydrogen-bond acceptors (Lipinski definition) is 1. The SMILES string of the molecule is C[N+](C)(C)CCC=CC(=O)O. The molecule has 0 aliphatic rings. The van der Waals surface area contributed by atoms with E-state index in [1.54, 1.807) is 6.08 Å². The fourth-order valence-electron chi connectivity index (χ4n) is 0.646. The molecule has 0 saturated heterocycles. The summed E-state index contributed by atoms with van der Waals surface area (Å²) in [6, 6.07) is 0. The minimum atomic E-state index is -0.869. The average molecular weight is 158 g/mol. The highest BCUT2D eigenvalue weighted by Gasteiger charge is 2.03. The topological polar surface area (TPSA) is 37.3 Å². The molecule has 0 saturated carbocycles. The Morgan fingerprint density at radius 1 is 1.45 bits per heavy atom. The van der Waals surface area contributed by atoms with Gasteiger partial charge >= 0.3 is 5.97 Å². The van der Waals surface area contributed by atoms with Crippen LogP contribution in [-0.2, 0) is 4.79 Å². The number of quaternary nitrogens is 1. The molecule has 0 bridgehead atoms. The summed E-state index contributed by atoms with van der Waals surface area (Å²) in [5.74, 6) is -0.869. The first kappa shape index (κ1) is 10.2. The minimum absolute atomic E-state index is 0.815. The molecule has 3 nitrogen and oxygen atoms in total. The van der Waals surface area contributed by atoms with Crippen LogP contribution in [0, 0.1) is 0 Å². The van der Waals surface area contributed by atoms with Crippen LogP contribution in [0.25, 0.3) is 0 Å². The molecule has 0 spiro atoms. The summed E-state index contributed by atoms with van der Waals surface area (Å²) < 4.78 is 0.865. The Morgan fingerprint density at radius 3 is 2.36 bits per heavy atom. The third kappa shape index (κ3) is 9.17. The first-order valence-electron chi connectivity index (χ1n) is 3.62. The van der Waals surface area contributed by atoms with E-state index in [4.69, 9.17) is 5.11 Å². The predicted octanol–water partition coefficient (Wildman–Crippen LogP) is 0.723. The van der Waals surface area contributed by atoms with Gasteiger partial charge in [-0.3, -0.25) is 0 Å². The molecule has 0 aliphatic heterocycles. The molecule has 64 valence electrons. The molecule has 0 amide bonds. The van der Waals surface area contributed by atoms with Crippen molar-refractivity contribution < 1.29 is 14.4 Å². The summed E-state index contributed by atoms with van der Waals surface area (Å²) in [7, 11) is 6.23. The van der Waals surface area contributed by atoms with Gasteiger partial charge in [-0.1, -0.05) is 6.08 Å². The van der Waals surface area contributed by atoms with Crippen molar-refractivity contribution in [3.8, 4) is 0 Å². The smallest absolute Gasteiger partial charge is 0.327 e. The Kier molecular flexibility index (Phi) is 3.82. The summed E-state index contributed by atoms with van der Waals surface area (Å²) in [5.41, 5.74) is 0. The van der Waals surface area contributed by atoms with Gasteiger partial charge in [-0.05, 0) is 0 Å². The highest BCUT2D eigenvalue weighted by molar-refractivity contribution is 5.79. The second-order valence-electron chi connectivity index (χ2n) is 3.54. The van der Waals surface area contributed by atoms with Gasteiger partial charge in [0.25, 0.3) is 0 Å². The van der Waals surface area contributed by atoms with E-state index in [0.717, 1.165) is 17.4 Å². The van der Waals surface area contributed by atoms with Crippen molar-refractivity contribution in [2.45, 2.75) is 6.42 Å².